The maximum atomic E-state index is 12.4. The second-order valence-corrected chi connectivity index (χ2v) is 6.01. The smallest absolute Gasteiger partial charge is 0.307 e. The first-order valence-corrected chi connectivity index (χ1v) is 7.93. The second-order valence-electron chi connectivity index (χ2n) is 6.01. The van der Waals surface area contributed by atoms with E-state index in [0.717, 1.165) is 0 Å². The van der Waals surface area contributed by atoms with Crippen molar-refractivity contribution < 1.29 is 23.9 Å². The summed E-state index contributed by atoms with van der Waals surface area (Å²) in [5, 5.41) is 11.5. The Kier molecular flexibility index (Phi) is 4.83. The highest BCUT2D eigenvalue weighted by Gasteiger charge is 2.34. The summed E-state index contributed by atoms with van der Waals surface area (Å²) in [6.45, 7) is 0.710. The highest BCUT2D eigenvalue weighted by Crippen LogP contribution is 2.22. The number of aliphatic carboxylic acids is 1. The van der Waals surface area contributed by atoms with E-state index in [9.17, 15) is 14.4 Å². The van der Waals surface area contributed by atoms with Crippen molar-refractivity contribution in [3.63, 3.8) is 0 Å². The van der Waals surface area contributed by atoms with E-state index >= 15 is 0 Å². The number of likely N-dealkylation sites (tertiary alicyclic amines) is 1. The quantitative estimate of drug-likeness (QED) is 0.835. The number of benzene rings is 1. The van der Waals surface area contributed by atoms with E-state index in [4.69, 9.17) is 9.52 Å². The number of carboxylic acids is 1. The van der Waals surface area contributed by atoms with Crippen molar-refractivity contribution in [3.05, 3.63) is 54.0 Å². The number of carboxylic acid groups (broad SMARTS) is 1. The van der Waals surface area contributed by atoms with E-state index in [1.54, 1.807) is 47.6 Å². The summed E-state index contributed by atoms with van der Waals surface area (Å²) < 4.78 is 5.24. The van der Waals surface area contributed by atoms with Crippen LogP contribution < -0.4 is 5.32 Å². The largest absolute Gasteiger partial charge is 0.481 e. The molecule has 25 heavy (non-hydrogen) atoms. The van der Waals surface area contributed by atoms with Crippen LogP contribution in [0.1, 0.15) is 17.7 Å². The average molecular weight is 342 g/mol. The summed E-state index contributed by atoms with van der Waals surface area (Å²) >= 11 is 0. The number of furan rings is 1. The standard InChI is InChI=1S/C18H18N2O5/c21-16-9-13(10-20(16)11-15-2-1-7-25-15)18(24)19-14-5-3-12(4-6-14)8-17(22)23/h1-7,13H,8-11H2,(H,19,24)(H,22,23). The van der Waals surface area contributed by atoms with Crippen LogP contribution >= 0.6 is 0 Å². The average Bonchev–Trinajstić information content (AvgIpc) is 3.20. The molecule has 1 unspecified atom stereocenters. The third-order valence-electron chi connectivity index (χ3n) is 4.09. The molecule has 2 amide bonds. The van der Waals surface area contributed by atoms with Gasteiger partial charge in [0.1, 0.15) is 5.76 Å². The van der Waals surface area contributed by atoms with Crippen LogP contribution in [0.2, 0.25) is 0 Å². The van der Waals surface area contributed by atoms with Gasteiger partial charge >= 0.3 is 5.97 Å². The Morgan fingerprint density at radius 3 is 2.64 bits per heavy atom. The molecule has 0 saturated carbocycles. The van der Waals surface area contributed by atoms with Gasteiger partial charge in [0, 0.05) is 18.7 Å². The van der Waals surface area contributed by atoms with Gasteiger partial charge in [0.2, 0.25) is 11.8 Å². The molecule has 7 nitrogen and oxygen atoms in total. The Hall–Kier alpha value is -3.09. The zero-order chi connectivity index (χ0) is 17.8. The first-order valence-electron chi connectivity index (χ1n) is 7.93. The van der Waals surface area contributed by atoms with Crippen molar-refractivity contribution >= 4 is 23.5 Å². The normalized spacial score (nSPS) is 16.9. The van der Waals surface area contributed by atoms with Gasteiger partial charge < -0.3 is 19.7 Å². The van der Waals surface area contributed by atoms with Gasteiger partial charge in [-0.3, -0.25) is 14.4 Å². The van der Waals surface area contributed by atoms with E-state index in [1.807, 2.05) is 0 Å². The monoisotopic (exact) mass is 342 g/mol. The molecule has 1 atom stereocenters. The minimum atomic E-state index is -0.905. The number of nitrogens with zero attached hydrogens (tertiary/aromatic N) is 1. The van der Waals surface area contributed by atoms with Crippen LogP contribution in [0.5, 0.6) is 0 Å². The fraction of sp³-hybridized carbons (Fsp3) is 0.278. The van der Waals surface area contributed by atoms with Gasteiger partial charge in [0.25, 0.3) is 0 Å². The molecule has 2 N–H and O–H groups in total. The zero-order valence-corrected chi connectivity index (χ0v) is 13.5. The molecule has 0 spiro atoms. The van der Waals surface area contributed by atoms with E-state index in [1.165, 1.54) is 0 Å². The molecule has 7 heteroatoms. The lowest BCUT2D eigenvalue weighted by molar-refractivity contribution is -0.136. The van der Waals surface area contributed by atoms with Crippen molar-refractivity contribution in [3.8, 4) is 0 Å². The molecule has 0 bridgehead atoms. The third-order valence-corrected chi connectivity index (χ3v) is 4.09. The van der Waals surface area contributed by atoms with Crippen molar-refractivity contribution in [1.29, 1.82) is 0 Å². The zero-order valence-electron chi connectivity index (χ0n) is 13.5. The van der Waals surface area contributed by atoms with Crippen LogP contribution in [-0.4, -0.2) is 34.3 Å². The molecular weight excluding hydrogens is 324 g/mol. The van der Waals surface area contributed by atoms with Crippen molar-refractivity contribution in [2.45, 2.75) is 19.4 Å². The van der Waals surface area contributed by atoms with E-state index in [-0.39, 0.29) is 24.7 Å². The van der Waals surface area contributed by atoms with Gasteiger partial charge in [-0.05, 0) is 29.8 Å². The third kappa shape index (κ3) is 4.26. The molecule has 1 aromatic carbocycles. The van der Waals surface area contributed by atoms with Crippen molar-refractivity contribution in [2.24, 2.45) is 5.92 Å². The minimum Gasteiger partial charge on any atom is -0.481 e. The lowest BCUT2D eigenvalue weighted by Gasteiger charge is -2.15. The Labute approximate surface area is 144 Å². The van der Waals surface area contributed by atoms with E-state index in [0.29, 0.717) is 30.1 Å². The van der Waals surface area contributed by atoms with Crippen molar-refractivity contribution in [2.75, 3.05) is 11.9 Å². The van der Waals surface area contributed by atoms with Crippen LogP contribution in [0.4, 0.5) is 5.69 Å². The Morgan fingerprint density at radius 2 is 2.00 bits per heavy atom. The molecule has 1 fully saturated rings. The number of hydrogen-bond acceptors (Lipinski definition) is 4. The van der Waals surface area contributed by atoms with Crippen LogP contribution in [-0.2, 0) is 27.3 Å². The second kappa shape index (κ2) is 7.21. The molecule has 130 valence electrons. The topological polar surface area (TPSA) is 99.8 Å². The predicted molar refractivity (Wildman–Crippen MR) is 88.6 cm³/mol. The number of carbonyl (C=O) groups is 3. The summed E-state index contributed by atoms with van der Waals surface area (Å²) in [7, 11) is 0. The molecule has 1 aromatic heterocycles. The lowest BCUT2D eigenvalue weighted by Crippen LogP contribution is -2.27. The van der Waals surface area contributed by atoms with Crippen LogP contribution in [0.25, 0.3) is 0 Å². The highest BCUT2D eigenvalue weighted by atomic mass is 16.4. The number of carbonyl (C=O) groups excluding carboxylic acids is 2. The summed E-state index contributed by atoms with van der Waals surface area (Å²) in [6, 6.07) is 10.2. The Balaban J connectivity index is 1.56. The van der Waals surface area contributed by atoms with E-state index < -0.39 is 11.9 Å². The number of nitrogens with one attached hydrogen (secondary N) is 1. The molecule has 1 saturated heterocycles. The van der Waals surface area contributed by atoms with E-state index in [2.05, 4.69) is 5.32 Å². The Morgan fingerprint density at radius 1 is 1.24 bits per heavy atom. The van der Waals surface area contributed by atoms with Crippen molar-refractivity contribution in [1.82, 2.24) is 4.90 Å². The summed E-state index contributed by atoms with van der Waals surface area (Å²) in [5.74, 6) is -0.933. The molecule has 2 aromatic rings. The van der Waals surface area contributed by atoms with Crippen LogP contribution in [0, 0.1) is 5.92 Å². The molecule has 0 radical (unpaired) electrons. The maximum Gasteiger partial charge on any atom is 0.307 e. The maximum absolute atomic E-state index is 12.4. The number of anilines is 1. The van der Waals surface area contributed by atoms with Gasteiger partial charge in [0.15, 0.2) is 0 Å². The van der Waals surface area contributed by atoms with Gasteiger partial charge in [-0.2, -0.15) is 0 Å². The molecular formula is C18H18N2O5. The predicted octanol–water partition coefficient (Wildman–Crippen LogP) is 1.89. The fourth-order valence-electron chi connectivity index (χ4n) is 2.82. The first-order chi connectivity index (χ1) is 12.0. The summed E-state index contributed by atoms with van der Waals surface area (Å²) in [6.07, 6.45) is 1.66. The fourth-order valence-corrected chi connectivity index (χ4v) is 2.82. The Bertz CT molecular complexity index is 767. The SMILES string of the molecule is O=C(O)Cc1ccc(NC(=O)C2CC(=O)N(Cc3ccco3)C2)cc1. The summed E-state index contributed by atoms with van der Waals surface area (Å²) in [5.41, 5.74) is 1.24. The number of amides is 2. The minimum absolute atomic E-state index is 0.0624. The molecule has 1 aliphatic heterocycles. The first kappa shape index (κ1) is 16.8. The molecule has 0 aliphatic carbocycles. The number of hydrogen-bond donors (Lipinski definition) is 2. The van der Waals surface area contributed by atoms with Crippen LogP contribution in [0.15, 0.2) is 47.1 Å². The van der Waals surface area contributed by atoms with Gasteiger partial charge in [-0.1, -0.05) is 12.1 Å². The lowest BCUT2D eigenvalue weighted by atomic mass is 10.1. The highest BCUT2D eigenvalue weighted by molar-refractivity contribution is 5.97. The molecule has 3 rings (SSSR count). The summed E-state index contributed by atoms with van der Waals surface area (Å²) in [4.78, 5) is 36.7. The number of rotatable bonds is 6. The van der Waals surface area contributed by atoms with Gasteiger partial charge in [-0.25, -0.2) is 0 Å². The molecule has 2 heterocycles. The van der Waals surface area contributed by atoms with Gasteiger partial charge in [-0.15, -0.1) is 0 Å². The van der Waals surface area contributed by atoms with Crippen LogP contribution in [0.3, 0.4) is 0 Å². The van der Waals surface area contributed by atoms with Gasteiger partial charge in [0.05, 0.1) is 25.1 Å². The molecule has 1 aliphatic rings.